The maximum absolute atomic E-state index is 12.7. The van der Waals surface area contributed by atoms with Crippen LogP contribution in [0.4, 0.5) is 5.69 Å². The second kappa shape index (κ2) is 7.78. The minimum absolute atomic E-state index is 0.0564. The molecule has 0 aliphatic carbocycles. The van der Waals surface area contributed by atoms with Crippen LogP contribution in [-0.4, -0.2) is 48.0 Å². The van der Waals surface area contributed by atoms with Crippen molar-refractivity contribution in [2.75, 3.05) is 31.6 Å². The van der Waals surface area contributed by atoms with Crippen LogP contribution in [0, 0.1) is 6.92 Å². The Bertz CT molecular complexity index is 1040. The van der Waals surface area contributed by atoms with E-state index in [1.54, 1.807) is 35.2 Å². The number of anilines is 1. The fraction of sp³-hybridized carbons (Fsp3) is 0.227. The first-order chi connectivity index (χ1) is 13.6. The van der Waals surface area contributed by atoms with Crippen molar-refractivity contribution in [1.82, 2.24) is 9.88 Å². The van der Waals surface area contributed by atoms with E-state index in [1.165, 1.54) is 0 Å². The minimum Gasteiger partial charge on any atom is -0.378 e. The summed E-state index contributed by atoms with van der Waals surface area (Å²) in [4.78, 5) is 31.6. The summed E-state index contributed by atoms with van der Waals surface area (Å²) in [5.41, 5.74) is 3.23. The molecule has 1 saturated heterocycles. The Morgan fingerprint density at radius 1 is 1.04 bits per heavy atom. The summed E-state index contributed by atoms with van der Waals surface area (Å²) in [7, 11) is 0. The molecule has 6 heteroatoms. The lowest BCUT2D eigenvalue weighted by Gasteiger charge is -2.27. The molecule has 0 radical (unpaired) electrons. The standard InChI is InChI=1S/C22H21N3O3/c1-15-13-20(24-19-8-3-2-7-18(15)19)21(26)23-17-6-4-5-16(14-17)22(27)25-9-11-28-12-10-25/h2-8,13-14H,9-12H2,1H3,(H,23,26). The lowest BCUT2D eigenvalue weighted by molar-refractivity contribution is 0.0303. The zero-order valence-electron chi connectivity index (χ0n) is 15.6. The van der Waals surface area contributed by atoms with Gasteiger partial charge in [0.05, 0.1) is 18.7 Å². The molecule has 0 saturated carbocycles. The molecular weight excluding hydrogens is 354 g/mol. The predicted octanol–water partition coefficient (Wildman–Crippen LogP) is 3.27. The Kier molecular flexibility index (Phi) is 5.04. The number of amides is 2. The van der Waals surface area contributed by atoms with Crippen molar-refractivity contribution in [3.05, 3.63) is 71.4 Å². The molecule has 3 aromatic rings. The van der Waals surface area contributed by atoms with E-state index in [9.17, 15) is 9.59 Å². The summed E-state index contributed by atoms with van der Waals surface area (Å²) in [5, 5.41) is 3.88. The number of aryl methyl sites for hydroxylation is 1. The molecule has 2 amide bonds. The summed E-state index contributed by atoms with van der Waals surface area (Å²) in [6, 6.07) is 16.5. The minimum atomic E-state index is -0.301. The number of para-hydroxylation sites is 1. The van der Waals surface area contributed by atoms with Crippen molar-refractivity contribution < 1.29 is 14.3 Å². The molecule has 1 aromatic heterocycles. The van der Waals surface area contributed by atoms with Gasteiger partial charge < -0.3 is 15.0 Å². The fourth-order valence-corrected chi connectivity index (χ4v) is 3.34. The van der Waals surface area contributed by atoms with E-state index in [0.29, 0.717) is 43.2 Å². The third-order valence-electron chi connectivity index (χ3n) is 4.82. The van der Waals surface area contributed by atoms with Crippen molar-refractivity contribution in [2.45, 2.75) is 6.92 Å². The van der Waals surface area contributed by atoms with E-state index in [0.717, 1.165) is 16.5 Å². The van der Waals surface area contributed by atoms with Crippen molar-refractivity contribution in [2.24, 2.45) is 0 Å². The number of carbonyl (C=O) groups excluding carboxylic acids is 2. The zero-order chi connectivity index (χ0) is 19.5. The van der Waals surface area contributed by atoms with Crippen LogP contribution in [-0.2, 0) is 4.74 Å². The van der Waals surface area contributed by atoms with Gasteiger partial charge in [0.25, 0.3) is 11.8 Å². The van der Waals surface area contributed by atoms with Gasteiger partial charge in [0.15, 0.2) is 0 Å². The van der Waals surface area contributed by atoms with E-state index in [4.69, 9.17) is 4.74 Å². The smallest absolute Gasteiger partial charge is 0.274 e. The highest BCUT2D eigenvalue weighted by Crippen LogP contribution is 2.19. The van der Waals surface area contributed by atoms with E-state index in [1.807, 2.05) is 31.2 Å². The number of hydrogen-bond donors (Lipinski definition) is 1. The Labute approximate surface area is 163 Å². The molecule has 0 spiro atoms. The molecule has 2 aromatic carbocycles. The number of ether oxygens (including phenoxy) is 1. The number of benzene rings is 2. The normalized spacial score (nSPS) is 14.1. The van der Waals surface area contributed by atoms with Crippen molar-refractivity contribution in [3.63, 3.8) is 0 Å². The number of nitrogens with zero attached hydrogens (tertiary/aromatic N) is 2. The van der Waals surface area contributed by atoms with E-state index >= 15 is 0 Å². The first kappa shape index (κ1) is 18.1. The molecule has 0 bridgehead atoms. The Hall–Kier alpha value is -3.25. The number of carbonyl (C=O) groups is 2. The molecule has 0 atom stereocenters. The molecule has 1 fully saturated rings. The van der Waals surface area contributed by atoms with E-state index in [-0.39, 0.29) is 11.8 Å². The van der Waals surface area contributed by atoms with Crippen LogP contribution in [0.5, 0.6) is 0 Å². The van der Waals surface area contributed by atoms with Crippen LogP contribution >= 0.6 is 0 Å². The molecule has 1 aliphatic rings. The fourth-order valence-electron chi connectivity index (χ4n) is 3.34. The van der Waals surface area contributed by atoms with Gasteiger partial charge >= 0.3 is 0 Å². The number of fused-ring (bicyclic) bond motifs is 1. The highest BCUT2D eigenvalue weighted by atomic mass is 16.5. The first-order valence-electron chi connectivity index (χ1n) is 9.26. The molecule has 28 heavy (non-hydrogen) atoms. The van der Waals surface area contributed by atoms with Gasteiger partial charge in [-0.15, -0.1) is 0 Å². The van der Waals surface area contributed by atoms with Crippen molar-refractivity contribution in [3.8, 4) is 0 Å². The summed E-state index contributed by atoms with van der Waals surface area (Å²) in [6.07, 6.45) is 0. The number of nitrogens with one attached hydrogen (secondary N) is 1. The van der Waals surface area contributed by atoms with Crippen LogP contribution in [0.2, 0.25) is 0 Å². The molecule has 2 heterocycles. The Balaban J connectivity index is 1.54. The second-order valence-corrected chi connectivity index (χ2v) is 6.78. The number of aromatic nitrogens is 1. The van der Waals surface area contributed by atoms with Crippen LogP contribution in [0.1, 0.15) is 26.4 Å². The third-order valence-corrected chi connectivity index (χ3v) is 4.82. The molecule has 4 rings (SSSR count). The van der Waals surface area contributed by atoms with Gasteiger partial charge in [-0.1, -0.05) is 24.3 Å². The Morgan fingerprint density at radius 2 is 1.82 bits per heavy atom. The van der Waals surface area contributed by atoms with Crippen molar-refractivity contribution >= 4 is 28.4 Å². The second-order valence-electron chi connectivity index (χ2n) is 6.78. The SMILES string of the molecule is Cc1cc(C(=O)Nc2cccc(C(=O)N3CCOCC3)c2)nc2ccccc12. The quantitative estimate of drug-likeness (QED) is 0.763. The molecule has 1 aliphatic heterocycles. The molecule has 0 unspecified atom stereocenters. The number of hydrogen-bond acceptors (Lipinski definition) is 4. The van der Waals surface area contributed by atoms with Gasteiger partial charge in [0, 0.05) is 29.7 Å². The van der Waals surface area contributed by atoms with Crippen LogP contribution < -0.4 is 5.32 Å². The molecular formula is C22H21N3O3. The zero-order valence-corrected chi connectivity index (χ0v) is 15.6. The van der Waals surface area contributed by atoms with Gasteiger partial charge in [0.1, 0.15) is 5.69 Å². The maximum Gasteiger partial charge on any atom is 0.274 e. The highest BCUT2D eigenvalue weighted by Gasteiger charge is 2.19. The molecule has 6 nitrogen and oxygen atoms in total. The number of rotatable bonds is 3. The monoisotopic (exact) mass is 375 g/mol. The summed E-state index contributed by atoms with van der Waals surface area (Å²) in [6.45, 7) is 4.22. The van der Waals surface area contributed by atoms with E-state index in [2.05, 4.69) is 10.3 Å². The summed E-state index contributed by atoms with van der Waals surface area (Å²) >= 11 is 0. The number of morpholine rings is 1. The molecule has 1 N–H and O–H groups in total. The lowest BCUT2D eigenvalue weighted by Crippen LogP contribution is -2.40. The average Bonchev–Trinajstić information content (AvgIpc) is 2.74. The van der Waals surface area contributed by atoms with Gasteiger partial charge in [0.2, 0.25) is 0 Å². The first-order valence-corrected chi connectivity index (χ1v) is 9.26. The van der Waals surface area contributed by atoms with Crippen LogP contribution in [0.25, 0.3) is 10.9 Å². The van der Waals surface area contributed by atoms with E-state index < -0.39 is 0 Å². The van der Waals surface area contributed by atoms with Gasteiger partial charge in [-0.3, -0.25) is 9.59 Å². The van der Waals surface area contributed by atoms with Gasteiger partial charge in [-0.05, 0) is 42.8 Å². The third kappa shape index (κ3) is 3.73. The van der Waals surface area contributed by atoms with Crippen LogP contribution in [0.15, 0.2) is 54.6 Å². The molecule has 142 valence electrons. The maximum atomic E-state index is 12.7. The highest BCUT2D eigenvalue weighted by molar-refractivity contribution is 6.05. The number of pyridine rings is 1. The largest absolute Gasteiger partial charge is 0.378 e. The van der Waals surface area contributed by atoms with Gasteiger partial charge in [-0.25, -0.2) is 4.98 Å². The average molecular weight is 375 g/mol. The van der Waals surface area contributed by atoms with Crippen LogP contribution in [0.3, 0.4) is 0 Å². The predicted molar refractivity (Wildman–Crippen MR) is 108 cm³/mol. The topological polar surface area (TPSA) is 71.5 Å². The van der Waals surface area contributed by atoms with Crippen molar-refractivity contribution in [1.29, 1.82) is 0 Å². The summed E-state index contributed by atoms with van der Waals surface area (Å²) in [5.74, 6) is -0.358. The van der Waals surface area contributed by atoms with Gasteiger partial charge in [-0.2, -0.15) is 0 Å². The Morgan fingerprint density at radius 3 is 2.64 bits per heavy atom. The summed E-state index contributed by atoms with van der Waals surface area (Å²) < 4.78 is 5.29. The lowest BCUT2D eigenvalue weighted by atomic mass is 10.1.